The first kappa shape index (κ1) is 16.6. The summed E-state index contributed by atoms with van der Waals surface area (Å²) < 4.78 is 11.3. The fraction of sp³-hybridized carbons (Fsp3) is 0.588. The molecule has 1 aliphatic rings. The Kier molecular flexibility index (Phi) is 6.07. The van der Waals surface area contributed by atoms with E-state index in [9.17, 15) is 4.79 Å². The lowest BCUT2D eigenvalue weighted by Crippen LogP contribution is -2.52. The Bertz CT molecular complexity index is 505. The summed E-state index contributed by atoms with van der Waals surface area (Å²) in [6.45, 7) is 9.64. The molecule has 0 radical (unpaired) electrons. The van der Waals surface area contributed by atoms with E-state index < -0.39 is 0 Å². The lowest BCUT2D eigenvalue weighted by Gasteiger charge is -2.34. The van der Waals surface area contributed by atoms with Crippen molar-refractivity contribution in [2.24, 2.45) is 0 Å². The van der Waals surface area contributed by atoms with Crippen molar-refractivity contribution in [1.29, 1.82) is 0 Å². The van der Waals surface area contributed by atoms with E-state index in [1.165, 1.54) is 0 Å². The highest BCUT2D eigenvalue weighted by atomic mass is 16.5. The number of hydrogen-bond acceptors (Lipinski definition) is 4. The number of carbonyl (C=O) groups excluding carboxylic acids is 1. The second-order valence-corrected chi connectivity index (χ2v) is 5.49. The van der Waals surface area contributed by atoms with Gasteiger partial charge in [0.15, 0.2) is 11.5 Å². The average molecular weight is 306 g/mol. The summed E-state index contributed by atoms with van der Waals surface area (Å²) in [5.41, 5.74) is 0.654. The van der Waals surface area contributed by atoms with Gasteiger partial charge in [0, 0.05) is 31.2 Å². The number of rotatable bonds is 6. The molecule has 5 nitrogen and oxygen atoms in total. The molecular formula is C17H26N2O3. The van der Waals surface area contributed by atoms with E-state index in [-0.39, 0.29) is 11.9 Å². The van der Waals surface area contributed by atoms with Gasteiger partial charge in [-0.3, -0.25) is 4.79 Å². The fourth-order valence-corrected chi connectivity index (χ4v) is 2.55. The molecule has 22 heavy (non-hydrogen) atoms. The molecule has 1 amide bonds. The Balaban J connectivity index is 2.19. The molecule has 1 heterocycles. The van der Waals surface area contributed by atoms with Crippen LogP contribution in [0.1, 0.15) is 37.6 Å². The van der Waals surface area contributed by atoms with Crippen LogP contribution < -0.4 is 14.8 Å². The molecule has 0 unspecified atom stereocenters. The average Bonchev–Trinajstić information content (AvgIpc) is 2.54. The normalized spacial score (nSPS) is 18.1. The van der Waals surface area contributed by atoms with Crippen LogP contribution in [-0.4, -0.2) is 49.7 Å². The highest BCUT2D eigenvalue weighted by Gasteiger charge is 2.24. The number of amides is 1. The predicted molar refractivity (Wildman–Crippen MR) is 86.8 cm³/mol. The van der Waals surface area contributed by atoms with Gasteiger partial charge in [0.1, 0.15) is 0 Å². The van der Waals surface area contributed by atoms with Crippen LogP contribution in [0.25, 0.3) is 0 Å². The van der Waals surface area contributed by atoms with Gasteiger partial charge in [0.2, 0.25) is 0 Å². The van der Waals surface area contributed by atoms with Crippen LogP contribution in [0.2, 0.25) is 0 Å². The Hall–Kier alpha value is -1.75. The summed E-state index contributed by atoms with van der Waals surface area (Å²) >= 11 is 0. The highest BCUT2D eigenvalue weighted by Crippen LogP contribution is 2.29. The van der Waals surface area contributed by atoms with Gasteiger partial charge in [0.25, 0.3) is 5.91 Å². The van der Waals surface area contributed by atoms with Crippen molar-refractivity contribution in [2.75, 3.05) is 32.8 Å². The molecule has 1 aromatic rings. The summed E-state index contributed by atoms with van der Waals surface area (Å²) in [5.74, 6) is 1.40. The number of carbonyl (C=O) groups is 1. The number of nitrogens with one attached hydrogen (secondary N) is 1. The summed E-state index contributed by atoms with van der Waals surface area (Å²) in [6.07, 6.45) is 0.935. The van der Waals surface area contributed by atoms with Gasteiger partial charge in [-0.1, -0.05) is 6.92 Å². The van der Waals surface area contributed by atoms with E-state index in [4.69, 9.17) is 9.47 Å². The summed E-state index contributed by atoms with van der Waals surface area (Å²) in [6, 6.07) is 5.66. The Labute approximate surface area is 132 Å². The number of ether oxygens (including phenoxy) is 2. The summed E-state index contributed by atoms with van der Waals surface area (Å²) in [7, 11) is 0. The van der Waals surface area contributed by atoms with E-state index in [0.717, 1.165) is 26.1 Å². The summed E-state index contributed by atoms with van der Waals surface area (Å²) in [5, 5.41) is 3.30. The molecule has 0 aliphatic carbocycles. The van der Waals surface area contributed by atoms with Gasteiger partial charge in [0.05, 0.1) is 13.2 Å². The quantitative estimate of drug-likeness (QED) is 0.876. The Morgan fingerprint density at radius 3 is 2.82 bits per heavy atom. The van der Waals surface area contributed by atoms with Crippen LogP contribution in [0, 0.1) is 0 Å². The molecule has 2 rings (SSSR count). The number of piperazine rings is 1. The maximum absolute atomic E-state index is 12.7. The van der Waals surface area contributed by atoms with Crippen molar-refractivity contribution < 1.29 is 14.3 Å². The first-order valence-corrected chi connectivity index (χ1v) is 8.08. The van der Waals surface area contributed by atoms with E-state index in [2.05, 4.69) is 19.2 Å². The van der Waals surface area contributed by atoms with Crippen molar-refractivity contribution >= 4 is 5.91 Å². The van der Waals surface area contributed by atoms with Gasteiger partial charge >= 0.3 is 0 Å². The van der Waals surface area contributed by atoms with Crippen LogP contribution in [0.5, 0.6) is 11.5 Å². The van der Waals surface area contributed by atoms with E-state index in [0.29, 0.717) is 30.3 Å². The third kappa shape index (κ3) is 3.91. The third-order valence-electron chi connectivity index (χ3n) is 3.71. The monoisotopic (exact) mass is 306 g/mol. The largest absolute Gasteiger partial charge is 0.490 e. The zero-order valence-corrected chi connectivity index (χ0v) is 13.7. The lowest BCUT2D eigenvalue weighted by molar-refractivity contribution is 0.0655. The number of nitrogens with zero attached hydrogens (tertiary/aromatic N) is 1. The van der Waals surface area contributed by atoms with Crippen molar-refractivity contribution in [3.05, 3.63) is 23.8 Å². The molecule has 5 heteroatoms. The first-order valence-electron chi connectivity index (χ1n) is 8.08. The zero-order valence-electron chi connectivity index (χ0n) is 13.7. The fourth-order valence-electron chi connectivity index (χ4n) is 2.55. The van der Waals surface area contributed by atoms with Gasteiger partial charge in [-0.05, 0) is 38.5 Å². The molecule has 1 aliphatic heterocycles. The molecule has 1 N–H and O–H groups in total. The smallest absolute Gasteiger partial charge is 0.254 e. The predicted octanol–water partition coefficient (Wildman–Crippen LogP) is 2.31. The minimum absolute atomic E-state index is 0.0528. The second kappa shape index (κ2) is 8.03. The molecule has 1 aromatic carbocycles. The van der Waals surface area contributed by atoms with Gasteiger partial charge in [-0.25, -0.2) is 0 Å². The van der Waals surface area contributed by atoms with Crippen molar-refractivity contribution in [1.82, 2.24) is 10.2 Å². The van der Waals surface area contributed by atoms with E-state index >= 15 is 0 Å². The standard InChI is InChI=1S/C17H26N2O3/c1-4-10-22-15-7-6-14(11-16(15)21-5-2)17(20)19-9-8-18-12-13(19)3/h6-7,11,13,18H,4-5,8-10,12H2,1-3H3/t13-/m1/s1. The van der Waals surface area contributed by atoms with E-state index in [1.807, 2.05) is 24.0 Å². The molecule has 0 spiro atoms. The Morgan fingerprint density at radius 1 is 1.32 bits per heavy atom. The SMILES string of the molecule is CCCOc1ccc(C(=O)N2CCNC[C@H]2C)cc1OCC. The molecule has 0 saturated carbocycles. The van der Waals surface area contributed by atoms with Gasteiger partial charge in [-0.2, -0.15) is 0 Å². The molecule has 0 bridgehead atoms. The number of benzene rings is 1. The third-order valence-corrected chi connectivity index (χ3v) is 3.71. The molecular weight excluding hydrogens is 280 g/mol. The summed E-state index contributed by atoms with van der Waals surface area (Å²) in [4.78, 5) is 14.6. The van der Waals surface area contributed by atoms with Crippen LogP contribution in [-0.2, 0) is 0 Å². The molecule has 1 fully saturated rings. The minimum atomic E-state index is 0.0528. The van der Waals surface area contributed by atoms with Crippen molar-refractivity contribution in [3.63, 3.8) is 0 Å². The molecule has 1 saturated heterocycles. The topological polar surface area (TPSA) is 50.8 Å². The Morgan fingerprint density at radius 2 is 2.14 bits per heavy atom. The molecule has 1 atom stereocenters. The van der Waals surface area contributed by atoms with Crippen LogP contribution in [0.15, 0.2) is 18.2 Å². The molecule has 122 valence electrons. The maximum atomic E-state index is 12.7. The lowest BCUT2D eigenvalue weighted by atomic mass is 10.1. The maximum Gasteiger partial charge on any atom is 0.254 e. The van der Waals surface area contributed by atoms with Crippen molar-refractivity contribution in [3.8, 4) is 11.5 Å². The van der Waals surface area contributed by atoms with Gasteiger partial charge in [-0.15, -0.1) is 0 Å². The van der Waals surface area contributed by atoms with Crippen LogP contribution in [0.4, 0.5) is 0 Å². The van der Waals surface area contributed by atoms with Gasteiger partial charge < -0.3 is 19.7 Å². The van der Waals surface area contributed by atoms with Crippen LogP contribution >= 0.6 is 0 Å². The highest BCUT2D eigenvalue weighted by molar-refractivity contribution is 5.95. The van der Waals surface area contributed by atoms with Crippen molar-refractivity contribution in [2.45, 2.75) is 33.2 Å². The first-order chi connectivity index (χ1) is 10.7. The van der Waals surface area contributed by atoms with E-state index in [1.54, 1.807) is 6.07 Å². The molecule has 0 aromatic heterocycles. The zero-order chi connectivity index (χ0) is 15.9. The second-order valence-electron chi connectivity index (χ2n) is 5.49. The minimum Gasteiger partial charge on any atom is -0.490 e. The number of hydrogen-bond donors (Lipinski definition) is 1. The van der Waals surface area contributed by atoms with Crippen LogP contribution in [0.3, 0.4) is 0 Å².